The molecule has 0 spiro atoms. The van der Waals surface area contributed by atoms with Crippen LogP contribution >= 0.6 is 11.6 Å². The summed E-state index contributed by atoms with van der Waals surface area (Å²) >= 11 is 6.14. The molecule has 0 aromatic carbocycles. The molecule has 0 bridgehead atoms. The highest BCUT2D eigenvalue weighted by molar-refractivity contribution is 6.31. The molecule has 0 radical (unpaired) electrons. The van der Waals surface area contributed by atoms with Gasteiger partial charge in [-0.2, -0.15) is 0 Å². The summed E-state index contributed by atoms with van der Waals surface area (Å²) in [5.41, 5.74) is 0. The molecular formula is C20H37ClO4. The van der Waals surface area contributed by atoms with Crippen LogP contribution in [0.2, 0.25) is 0 Å². The first kappa shape index (κ1) is 24.2. The van der Waals surface area contributed by atoms with E-state index in [1.165, 1.54) is 25.7 Å². The Labute approximate surface area is 158 Å². The molecule has 25 heavy (non-hydrogen) atoms. The second kappa shape index (κ2) is 14.4. The molecule has 0 aromatic rings. The maximum atomic E-state index is 12.3. The van der Waals surface area contributed by atoms with Gasteiger partial charge in [-0.25, -0.2) is 0 Å². The summed E-state index contributed by atoms with van der Waals surface area (Å²) in [7, 11) is 0. The van der Waals surface area contributed by atoms with E-state index in [9.17, 15) is 14.7 Å². The average Bonchev–Trinajstić information content (AvgIpc) is 2.56. The normalized spacial score (nSPS) is 15.0. The summed E-state index contributed by atoms with van der Waals surface area (Å²) in [5.74, 6) is -2.30. The Kier molecular flexibility index (Phi) is 14.0. The quantitative estimate of drug-likeness (QED) is 0.223. The van der Waals surface area contributed by atoms with Crippen LogP contribution in [-0.4, -0.2) is 28.5 Å². The Balaban J connectivity index is 4.47. The number of hydrogen-bond donors (Lipinski definition) is 1. The lowest BCUT2D eigenvalue weighted by Gasteiger charge is -2.24. The lowest BCUT2D eigenvalue weighted by atomic mass is 9.97. The van der Waals surface area contributed by atoms with Crippen molar-refractivity contribution in [2.45, 2.75) is 103 Å². The largest absolute Gasteiger partial charge is 0.481 e. The van der Waals surface area contributed by atoms with Gasteiger partial charge in [0.2, 0.25) is 0 Å². The first-order valence-corrected chi connectivity index (χ1v) is 10.4. The molecule has 0 aliphatic heterocycles. The van der Waals surface area contributed by atoms with Crippen LogP contribution < -0.4 is 0 Å². The summed E-state index contributed by atoms with van der Waals surface area (Å²) < 4.78 is 5.58. The monoisotopic (exact) mass is 376 g/mol. The zero-order valence-corrected chi connectivity index (χ0v) is 17.2. The van der Waals surface area contributed by atoms with E-state index in [-0.39, 0.29) is 12.0 Å². The number of carboxylic acids is 1. The van der Waals surface area contributed by atoms with Crippen molar-refractivity contribution in [2.24, 2.45) is 11.8 Å². The maximum Gasteiger partial charge on any atom is 0.325 e. The lowest BCUT2D eigenvalue weighted by molar-refractivity contribution is -0.156. The van der Waals surface area contributed by atoms with Crippen molar-refractivity contribution >= 4 is 23.5 Å². The number of hydrogen-bond acceptors (Lipinski definition) is 3. The van der Waals surface area contributed by atoms with Gasteiger partial charge in [-0.05, 0) is 25.2 Å². The molecule has 0 amide bonds. The number of aliphatic carboxylic acids is 1. The topological polar surface area (TPSA) is 63.6 Å². The molecule has 0 aliphatic rings. The molecule has 0 fully saturated rings. The van der Waals surface area contributed by atoms with Crippen LogP contribution in [-0.2, 0) is 14.3 Å². The van der Waals surface area contributed by atoms with Crippen LogP contribution in [0.5, 0.6) is 0 Å². The smallest absolute Gasteiger partial charge is 0.325 e. The fourth-order valence-corrected chi connectivity index (χ4v) is 3.14. The van der Waals surface area contributed by atoms with Gasteiger partial charge in [-0.1, -0.05) is 72.6 Å². The number of carbonyl (C=O) groups excluding carboxylic acids is 1. The van der Waals surface area contributed by atoms with E-state index in [0.717, 1.165) is 32.1 Å². The zero-order valence-electron chi connectivity index (χ0n) is 16.4. The van der Waals surface area contributed by atoms with Crippen molar-refractivity contribution < 1.29 is 19.4 Å². The van der Waals surface area contributed by atoms with Gasteiger partial charge in [0.05, 0.1) is 5.92 Å². The first-order valence-electron chi connectivity index (χ1n) is 9.92. The molecule has 1 N–H and O–H groups in total. The maximum absolute atomic E-state index is 12.3. The number of halogens is 1. The van der Waals surface area contributed by atoms with Crippen molar-refractivity contribution in [1.82, 2.24) is 0 Å². The minimum Gasteiger partial charge on any atom is -0.481 e. The van der Waals surface area contributed by atoms with Gasteiger partial charge in [0, 0.05) is 0 Å². The zero-order chi connectivity index (χ0) is 19.2. The van der Waals surface area contributed by atoms with Crippen LogP contribution in [0.15, 0.2) is 0 Å². The average molecular weight is 377 g/mol. The van der Waals surface area contributed by atoms with Crippen molar-refractivity contribution in [1.29, 1.82) is 0 Å². The lowest BCUT2D eigenvalue weighted by Crippen LogP contribution is -2.35. The van der Waals surface area contributed by atoms with Crippen molar-refractivity contribution in [2.75, 3.05) is 0 Å². The highest BCUT2D eigenvalue weighted by atomic mass is 35.5. The van der Waals surface area contributed by atoms with E-state index in [4.69, 9.17) is 16.3 Å². The van der Waals surface area contributed by atoms with Crippen molar-refractivity contribution in [3.8, 4) is 0 Å². The number of rotatable bonds is 15. The van der Waals surface area contributed by atoms with Gasteiger partial charge in [0.25, 0.3) is 0 Å². The minimum absolute atomic E-state index is 0.194. The number of alkyl halides is 1. The standard InChI is InChI=1S/C20H37ClO4/c1-5-7-9-10-11-12-14-17(15(3)4)25-20(24)18(21)16(19(22)23)13-8-6-2/h15-18H,5-14H2,1-4H3,(H,22,23). The van der Waals surface area contributed by atoms with Crippen LogP contribution in [0.3, 0.4) is 0 Å². The predicted octanol–water partition coefficient (Wildman–Crippen LogP) is 5.80. The highest BCUT2D eigenvalue weighted by Crippen LogP contribution is 2.23. The number of ether oxygens (including phenoxy) is 1. The number of carbonyl (C=O) groups is 2. The Morgan fingerprint density at radius 2 is 1.48 bits per heavy atom. The fraction of sp³-hybridized carbons (Fsp3) is 0.900. The molecule has 5 heteroatoms. The van der Waals surface area contributed by atoms with Gasteiger partial charge in [0.15, 0.2) is 0 Å². The third-order valence-corrected chi connectivity index (χ3v) is 5.10. The summed E-state index contributed by atoms with van der Waals surface area (Å²) in [4.78, 5) is 23.7. The van der Waals surface area contributed by atoms with E-state index < -0.39 is 23.2 Å². The molecule has 3 atom stereocenters. The Bertz CT molecular complexity index is 371. The number of carboxylic acid groups (broad SMARTS) is 1. The van der Waals surface area contributed by atoms with Crippen molar-refractivity contribution in [3.05, 3.63) is 0 Å². The molecule has 148 valence electrons. The molecule has 0 heterocycles. The molecule has 0 saturated heterocycles. The number of esters is 1. The van der Waals surface area contributed by atoms with Crippen molar-refractivity contribution in [3.63, 3.8) is 0 Å². The SMILES string of the molecule is CCCCCCCCC(OC(=O)C(Cl)C(CCCC)C(=O)O)C(C)C. The summed E-state index contributed by atoms with van der Waals surface area (Å²) in [6, 6.07) is 0. The van der Waals surface area contributed by atoms with Crippen LogP contribution in [0, 0.1) is 11.8 Å². The first-order chi connectivity index (χ1) is 11.8. The molecule has 0 saturated carbocycles. The summed E-state index contributed by atoms with van der Waals surface area (Å²) in [5, 5.41) is 8.20. The summed E-state index contributed by atoms with van der Waals surface area (Å²) in [6.45, 7) is 8.21. The number of unbranched alkanes of at least 4 members (excludes halogenated alkanes) is 6. The minimum atomic E-state index is -1.12. The molecule has 3 unspecified atom stereocenters. The second-order valence-corrected chi connectivity index (χ2v) is 7.73. The van der Waals surface area contributed by atoms with E-state index in [2.05, 4.69) is 6.92 Å². The van der Waals surface area contributed by atoms with Gasteiger partial charge in [-0.15, -0.1) is 11.6 Å². The van der Waals surface area contributed by atoms with Gasteiger partial charge >= 0.3 is 11.9 Å². The third kappa shape index (κ3) is 10.7. The van der Waals surface area contributed by atoms with E-state index in [0.29, 0.717) is 6.42 Å². The van der Waals surface area contributed by atoms with E-state index in [1.807, 2.05) is 20.8 Å². The molecule has 0 rings (SSSR count). The molecular weight excluding hydrogens is 340 g/mol. The second-order valence-electron chi connectivity index (χ2n) is 7.26. The van der Waals surface area contributed by atoms with Crippen LogP contribution in [0.1, 0.15) is 91.9 Å². The molecule has 0 aromatic heterocycles. The van der Waals surface area contributed by atoms with E-state index >= 15 is 0 Å². The Hall–Kier alpha value is -0.770. The van der Waals surface area contributed by atoms with E-state index in [1.54, 1.807) is 0 Å². The fourth-order valence-electron chi connectivity index (χ4n) is 2.85. The van der Waals surface area contributed by atoms with Gasteiger partial charge in [-0.3, -0.25) is 9.59 Å². The third-order valence-electron chi connectivity index (χ3n) is 4.62. The van der Waals surface area contributed by atoms with Crippen LogP contribution in [0.25, 0.3) is 0 Å². The Morgan fingerprint density at radius 1 is 0.920 bits per heavy atom. The van der Waals surface area contributed by atoms with Gasteiger partial charge in [0.1, 0.15) is 11.5 Å². The summed E-state index contributed by atoms with van der Waals surface area (Å²) in [6.07, 6.45) is 9.74. The van der Waals surface area contributed by atoms with Crippen LogP contribution in [0.4, 0.5) is 0 Å². The predicted molar refractivity (Wildman–Crippen MR) is 103 cm³/mol. The highest BCUT2D eigenvalue weighted by Gasteiger charge is 2.34. The van der Waals surface area contributed by atoms with Gasteiger partial charge < -0.3 is 9.84 Å². The molecule has 0 aliphatic carbocycles. The Morgan fingerprint density at radius 3 is 2.00 bits per heavy atom. The molecule has 4 nitrogen and oxygen atoms in total.